The molecular formula is C23H23FN4O2. The van der Waals surface area contributed by atoms with E-state index in [9.17, 15) is 14.3 Å². The van der Waals surface area contributed by atoms with E-state index in [1.54, 1.807) is 19.2 Å². The number of pyridine rings is 1. The van der Waals surface area contributed by atoms with Crippen LogP contribution in [0.5, 0.6) is 0 Å². The predicted molar refractivity (Wildman–Crippen MR) is 113 cm³/mol. The Bertz CT molecular complexity index is 1300. The minimum Gasteiger partial charge on any atom is -0.481 e. The number of nitrogens with zero attached hydrogens (tertiary/aromatic N) is 3. The number of aliphatic carboxylic acids is 1. The molecule has 5 rings (SSSR count). The number of aryl methyl sites for hydroxylation is 1. The van der Waals surface area contributed by atoms with Gasteiger partial charge in [-0.15, -0.1) is 0 Å². The molecule has 0 bridgehead atoms. The monoisotopic (exact) mass is 406 g/mol. The van der Waals surface area contributed by atoms with Crippen molar-refractivity contribution in [1.29, 1.82) is 0 Å². The zero-order chi connectivity index (χ0) is 21.2. The fourth-order valence-electron chi connectivity index (χ4n) is 4.68. The summed E-state index contributed by atoms with van der Waals surface area (Å²) < 4.78 is 16.1. The number of hydrogen-bond acceptors (Lipinski definition) is 3. The highest BCUT2D eigenvalue weighted by atomic mass is 19.1. The van der Waals surface area contributed by atoms with Gasteiger partial charge in [-0.05, 0) is 61.4 Å². The van der Waals surface area contributed by atoms with Gasteiger partial charge < -0.3 is 9.67 Å². The number of aromatic amines is 1. The lowest BCUT2D eigenvalue weighted by Gasteiger charge is -2.33. The second kappa shape index (κ2) is 6.65. The number of aromatic nitrogens is 4. The molecule has 0 saturated heterocycles. The molecule has 0 aliphatic heterocycles. The van der Waals surface area contributed by atoms with Gasteiger partial charge in [0.1, 0.15) is 5.82 Å². The van der Waals surface area contributed by atoms with E-state index >= 15 is 0 Å². The van der Waals surface area contributed by atoms with Crippen molar-refractivity contribution < 1.29 is 14.3 Å². The molecule has 30 heavy (non-hydrogen) atoms. The van der Waals surface area contributed by atoms with Gasteiger partial charge >= 0.3 is 5.97 Å². The zero-order valence-corrected chi connectivity index (χ0v) is 17.1. The van der Waals surface area contributed by atoms with Gasteiger partial charge in [-0.1, -0.05) is 13.8 Å². The van der Waals surface area contributed by atoms with Crippen LogP contribution < -0.4 is 0 Å². The number of halogens is 1. The van der Waals surface area contributed by atoms with Gasteiger partial charge in [0.25, 0.3) is 0 Å². The van der Waals surface area contributed by atoms with Crippen molar-refractivity contribution >= 4 is 28.0 Å². The summed E-state index contributed by atoms with van der Waals surface area (Å²) in [6, 6.07) is 7.19. The zero-order valence-electron chi connectivity index (χ0n) is 17.1. The number of nitrogens with one attached hydrogen (secondary N) is 1. The minimum atomic E-state index is -0.737. The fourth-order valence-corrected chi connectivity index (χ4v) is 4.68. The highest BCUT2D eigenvalue weighted by molar-refractivity contribution is 5.94. The first-order valence-electron chi connectivity index (χ1n) is 10.2. The van der Waals surface area contributed by atoms with Crippen molar-refractivity contribution in [3.8, 4) is 5.69 Å². The molecule has 1 aliphatic rings. The SMILES string of the molecule is Cc1cc(-n2c(C(C)C)c([C@H]3C[C@H](C(=O)O)C3)c3nc4[nH]ncc4cc32)ccc1F. The molecule has 6 nitrogen and oxygen atoms in total. The minimum absolute atomic E-state index is 0.140. The van der Waals surface area contributed by atoms with E-state index in [1.165, 1.54) is 6.07 Å². The maximum atomic E-state index is 14.0. The van der Waals surface area contributed by atoms with Crippen LogP contribution in [0.1, 0.15) is 55.3 Å². The van der Waals surface area contributed by atoms with Crippen molar-refractivity contribution in [3.05, 3.63) is 53.1 Å². The predicted octanol–water partition coefficient (Wildman–Crippen LogP) is 5.05. The van der Waals surface area contributed by atoms with Crippen LogP contribution in [0.3, 0.4) is 0 Å². The molecule has 3 heterocycles. The van der Waals surface area contributed by atoms with Gasteiger partial charge in [0.2, 0.25) is 0 Å². The van der Waals surface area contributed by atoms with E-state index < -0.39 is 5.97 Å². The lowest BCUT2D eigenvalue weighted by atomic mass is 9.70. The molecule has 0 unspecified atom stereocenters. The smallest absolute Gasteiger partial charge is 0.306 e. The fraction of sp³-hybridized carbons (Fsp3) is 0.348. The van der Waals surface area contributed by atoms with Crippen molar-refractivity contribution in [2.24, 2.45) is 5.92 Å². The standard InChI is InChI=1S/C23H23FN4O2/c1-11(2)21-19(13-7-14(8-13)23(29)30)20-18(9-15-10-25-27-22(15)26-20)28(21)16-4-5-17(24)12(3)6-16/h4-6,9-11,13-14H,7-8H2,1-3H3,(H,29,30)(H,25,26,27)/t13-,14-. The number of hydrogen-bond donors (Lipinski definition) is 2. The van der Waals surface area contributed by atoms with Crippen molar-refractivity contribution in [3.63, 3.8) is 0 Å². The largest absolute Gasteiger partial charge is 0.481 e. The number of carboxylic acid groups (broad SMARTS) is 1. The lowest BCUT2D eigenvalue weighted by molar-refractivity contribution is -0.145. The summed E-state index contributed by atoms with van der Waals surface area (Å²) >= 11 is 0. The van der Waals surface area contributed by atoms with Gasteiger partial charge in [0.05, 0.1) is 23.1 Å². The Morgan fingerprint density at radius 1 is 1.30 bits per heavy atom. The Kier molecular flexibility index (Phi) is 4.17. The van der Waals surface area contributed by atoms with Crippen molar-refractivity contribution in [2.75, 3.05) is 0 Å². The molecule has 1 aliphatic carbocycles. The summed E-state index contributed by atoms with van der Waals surface area (Å²) in [5.74, 6) is -0.960. The third kappa shape index (κ3) is 2.72. The molecule has 3 aromatic heterocycles. The quantitative estimate of drug-likeness (QED) is 0.497. The third-order valence-electron chi connectivity index (χ3n) is 6.26. The number of carbonyl (C=O) groups is 1. The molecule has 1 saturated carbocycles. The second-order valence-corrected chi connectivity index (χ2v) is 8.59. The molecule has 2 N–H and O–H groups in total. The van der Waals surface area contributed by atoms with E-state index in [4.69, 9.17) is 4.98 Å². The van der Waals surface area contributed by atoms with E-state index in [0.29, 0.717) is 24.1 Å². The van der Waals surface area contributed by atoms with Gasteiger partial charge in [-0.3, -0.25) is 9.89 Å². The normalized spacial score (nSPS) is 19.0. The first-order valence-corrected chi connectivity index (χ1v) is 10.2. The highest BCUT2D eigenvalue weighted by Crippen LogP contribution is 2.48. The Balaban J connectivity index is 1.82. The first-order chi connectivity index (χ1) is 14.3. The number of rotatable bonds is 4. The average Bonchev–Trinajstić information content (AvgIpc) is 3.23. The molecule has 154 valence electrons. The van der Waals surface area contributed by atoms with Crippen molar-refractivity contribution in [2.45, 2.75) is 45.4 Å². The highest BCUT2D eigenvalue weighted by Gasteiger charge is 2.39. The maximum absolute atomic E-state index is 14.0. The van der Waals surface area contributed by atoms with Gasteiger partial charge in [0, 0.05) is 22.3 Å². The average molecular weight is 406 g/mol. The lowest BCUT2D eigenvalue weighted by Crippen LogP contribution is -2.29. The Morgan fingerprint density at radius 2 is 2.07 bits per heavy atom. The van der Waals surface area contributed by atoms with Crippen LogP contribution in [-0.2, 0) is 4.79 Å². The summed E-state index contributed by atoms with van der Waals surface area (Å²) in [7, 11) is 0. The van der Waals surface area contributed by atoms with Crippen LogP contribution in [-0.4, -0.2) is 30.8 Å². The summed E-state index contributed by atoms with van der Waals surface area (Å²) in [5.41, 5.74) is 6.19. The van der Waals surface area contributed by atoms with Crippen LogP contribution >= 0.6 is 0 Å². The van der Waals surface area contributed by atoms with E-state index in [1.807, 2.05) is 6.07 Å². The Morgan fingerprint density at radius 3 is 2.73 bits per heavy atom. The number of benzene rings is 1. The molecule has 0 radical (unpaired) electrons. The molecule has 0 atom stereocenters. The van der Waals surface area contributed by atoms with Crippen LogP contribution in [0.15, 0.2) is 30.5 Å². The Hall–Kier alpha value is -3.22. The van der Waals surface area contributed by atoms with Gasteiger partial charge in [-0.25, -0.2) is 9.37 Å². The number of carboxylic acids is 1. The number of fused-ring (bicyclic) bond motifs is 2. The molecule has 0 amide bonds. The van der Waals surface area contributed by atoms with Gasteiger partial charge in [-0.2, -0.15) is 5.10 Å². The summed E-state index contributed by atoms with van der Waals surface area (Å²) in [6.07, 6.45) is 2.96. The van der Waals surface area contributed by atoms with Crippen LogP contribution in [0.25, 0.3) is 27.8 Å². The second-order valence-electron chi connectivity index (χ2n) is 8.59. The number of H-pyrrole nitrogens is 1. The van der Waals surface area contributed by atoms with E-state index in [-0.39, 0.29) is 23.6 Å². The topological polar surface area (TPSA) is 83.8 Å². The Labute approximate surface area is 172 Å². The van der Waals surface area contributed by atoms with Gasteiger partial charge in [0.15, 0.2) is 5.65 Å². The van der Waals surface area contributed by atoms with E-state index in [0.717, 1.165) is 33.4 Å². The third-order valence-corrected chi connectivity index (χ3v) is 6.26. The molecule has 4 aromatic rings. The van der Waals surface area contributed by atoms with Crippen LogP contribution in [0.4, 0.5) is 4.39 Å². The summed E-state index contributed by atoms with van der Waals surface area (Å²) in [6.45, 7) is 6.02. The molecule has 7 heteroatoms. The molecule has 1 fully saturated rings. The molecule has 1 aromatic carbocycles. The maximum Gasteiger partial charge on any atom is 0.306 e. The van der Waals surface area contributed by atoms with Crippen LogP contribution in [0.2, 0.25) is 0 Å². The first kappa shape index (κ1) is 18.8. The molecule has 0 spiro atoms. The molecular weight excluding hydrogens is 383 g/mol. The summed E-state index contributed by atoms with van der Waals surface area (Å²) in [4.78, 5) is 16.3. The van der Waals surface area contributed by atoms with Crippen molar-refractivity contribution in [1.82, 2.24) is 19.7 Å². The summed E-state index contributed by atoms with van der Waals surface area (Å²) in [5, 5.41) is 17.3. The van der Waals surface area contributed by atoms with Crippen LogP contribution in [0, 0.1) is 18.7 Å². The van der Waals surface area contributed by atoms with E-state index in [2.05, 4.69) is 34.7 Å².